The zero-order valence-electron chi connectivity index (χ0n) is 13.6. The number of benzene rings is 1. The first-order valence-electron chi connectivity index (χ1n) is 8.38. The van der Waals surface area contributed by atoms with E-state index in [4.69, 9.17) is 0 Å². The molecule has 0 saturated heterocycles. The standard InChI is InChI=1S/C19H20N4O/c1-13(14-8-9-14)19(24)21-11-15-5-4-10-20-18(15)23-12-22-16-6-2-3-7-17(16)23/h2-7,10,12-14H,8-9,11H2,1H3,(H,21,24). The maximum Gasteiger partial charge on any atom is 0.223 e. The van der Waals surface area contributed by atoms with Crippen LogP contribution in [0.1, 0.15) is 25.3 Å². The van der Waals surface area contributed by atoms with E-state index in [2.05, 4.69) is 15.3 Å². The van der Waals surface area contributed by atoms with Crippen molar-refractivity contribution in [2.45, 2.75) is 26.3 Å². The molecule has 122 valence electrons. The van der Waals surface area contributed by atoms with Crippen LogP contribution in [0.15, 0.2) is 48.9 Å². The van der Waals surface area contributed by atoms with Gasteiger partial charge in [0.15, 0.2) is 0 Å². The second-order valence-electron chi connectivity index (χ2n) is 6.43. The molecule has 1 aromatic carbocycles. The number of carbonyl (C=O) groups is 1. The van der Waals surface area contributed by atoms with E-state index in [1.807, 2.05) is 47.9 Å². The number of imidazole rings is 1. The second-order valence-corrected chi connectivity index (χ2v) is 6.43. The third-order valence-electron chi connectivity index (χ3n) is 4.75. The molecule has 1 atom stereocenters. The molecular formula is C19H20N4O. The normalized spacial score (nSPS) is 15.4. The predicted octanol–water partition coefficient (Wildman–Crippen LogP) is 3.08. The predicted molar refractivity (Wildman–Crippen MR) is 92.6 cm³/mol. The quantitative estimate of drug-likeness (QED) is 0.786. The van der Waals surface area contributed by atoms with Gasteiger partial charge in [-0.25, -0.2) is 9.97 Å². The molecule has 1 saturated carbocycles. The third kappa shape index (κ3) is 2.77. The second kappa shape index (κ2) is 6.07. The van der Waals surface area contributed by atoms with Crippen molar-refractivity contribution in [1.29, 1.82) is 0 Å². The van der Waals surface area contributed by atoms with Gasteiger partial charge >= 0.3 is 0 Å². The van der Waals surface area contributed by atoms with Crippen LogP contribution in [0.25, 0.3) is 16.9 Å². The van der Waals surface area contributed by atoms with Crippen molar-refractivity contribution in [3.8, 4) is 5.82 Å². The first-order chi connectivity index (χ1) is 11.7. The largest absolute Gasteiger partial charge is 0.352 e. The van der Waals surface area contributed by atoms with Crippen LogP contribution in [0.5, 0.6) is 0 Å². The van der Waals surface area contributed by atoms with Crippen LogP contribution in [0.4, 0.5) is 0 Å². The van der Waals surface area contributed by atoms with E-state index in [1.54, 1.807) is 12.5 Å². The third-order valence-corrected chi connectivity index (χ3v) is 4.75. The lowest BCUT2D eigenvalue weighted by Gasteiger charge is -2.13. The number of hydrogen-bond acceptors (Lipinski definition) is 3. The van der Waals surface area contributed by atoms with E-state index in [0.29, 0.717) is 12.5 Å². The van der Waals surface area contributed by atoms with Crippen molar-refractivity contribution in [3.63, 3.8) is 0 Å². The smallest absolute Gasteiger partial charge is 0.223 e. The number of amides is 1. The van der Waals surface area contributed by atoms with Crippen LogP contribution in [0, 0.1) is 11.8 Å². The van der Waals surface area contributed by atoms with Gasteiger partial charge in [-0.3, -0.25) is 9.36 Å². The van der Waals surface area contributed by atoms with Crippen LogP contribution >= 0.6 is 0 Å². The number of carbonyl (C=O) groups excluding carboxylic acids is 1. The van der Waals surface area contributed by atoms with Gasteiger partial charge in [0.25, 0.3) is 0 Å². The van der Waals surface area contributed by atoms with E-state index in [-0.39, 0.29) is 11.8 Å². The van der Waals surface area contributed by atoms with E-state index in [0.717, 1.165) is 22.4 Å². The number of nitrogens with zero attached hydrogens (tertiary/aromatic N) is 3. The summed E-state index contributed by atoms with van der Waals surface area (Å²) in [5.74, 6) is 1.60. The molecular weight excluding hydrogens is 300 g/mol. The van der Waals surface area contributed by atoms with Crippen molar-refractivity contribution in [1.82, 2.24) is 19.9 Å². The van der Waals surface area contributed by atoms with Gasteiger partial charge in [-0.1, -0.05) is 25.1 Å². The fourth-order valence-electron chi connectivity index (χ4n) is 3.07. The monoisotopic (exact) mass is 320 g/mol. The lowest BCUT2D eigenvalue weighted by atomic mass is 10.1. The summed E-state index contributed by atoms with van der Waals surface area (Å²) in [6, 6.07) is 11.9. The highest BCUT2D eigenvalue weighted by atomic mass is 16.1. The number of pyridine rings is 1. The fourth-order valence-corrected chi connectivity index (χ4v) is 3.07. The van der Waals surface area contributed by atoms with Crippen LogP contribution in [0.3, 0.4) is 0 Å². The Morgan fingerprint density at radius 1 is 1.25 bits per heavy atom. The average Bonchev–Trinajstić information content (AvgIpc) is 3.38. The maximum absolute atomic E-state index is 12.3. The highest BCUT2D eigenvalue weighted by Gasteiger charge is 2.32. The maximum atomic E-state index is 12.3. The minimum Gasteiger partial charge on any atom is -0.352 e. The van der Waals surface area contributed by atoms with Gasteiger partial charge in [-0.2, -0.15) is 0 Å². The summed E-state index contributed by atoms with van der Waals surface area (Å²) in [4.78, 5) is 21.2. The highest BCUT2D eigenvalue weighted by Crippen LogP contribution is 2.36. The molecule has 1 amide bonds. The molecule has 1 aliphatic carbocycles. The average molecular weight is 320 g/mol. The van der Waals surface area contributed by atoms with E-state index in [1.165, 1.54) is 12.8 Å². The molecule has 24 heavy (non-hydrogen) atoms. The van der Waals surface area contributed by atoms with Gasteiger partial charge in [0.05, 0.1) is 11.0 Å². The fraction of sp³-hybridized carbons (Fsp3) is 0.316. The topological polar surface area (TPSA) is 59.8 Å². The van der Waals surface area contributed by atoms with Crippen molar-refractivity contribution < 1.29 is 4.79 Å². The lowest BCUT2D eigenvalue weighted by molar-refractivity contribution is -0.125. The summed E-state index contributed by atoms with van der Waals surface area (Å²) in [5, 5.41) is 3.06. The Hall–Kier alpha value is -2.69. The molecule has 0 radical (unpaired) electrons. The minimum absolute atomic E-state index is 0.0965. The van der Waals surface area contributed by atoms with E-state index < -0.39 is 0 Å². The first kappa shape index (κ1) is 14.9. The molecule has 1 unspecified atom stereocenters. The zero-order chi connectivity index (χ0) is 16.5. The molecule has 0 aliphatic heterocycles. The highest BCUT2D eigenvalue weighted by molar-refractivity contribution is 5.79. The van der Waals surface area contributed by atoms with Crippen molar-refractivity contribution >= 4 is 16.9 Å². The van der Waals surface area contributed by atoms with Gasteiger partial charge < -0.3 is 5.32 Å². The van der Waals surface area contributed by atoms with E-state index >= 15 is 0 Å². The van der Waals surface area contributed by atoms with Crippen LogP contribution in [-0.4, -0.2) is 20.4 Å². The van der Waals surface area contributed by atoms with Crippen molar-refractivity contribution in [3.05, 3.63) is 54.5 Å². The Labute approximate surface area is 140 Å². The number of rotatable bonds is 5. The lowest BCUT2D eigenvalue weighted by Crippen LogP contribution is -2.30. The molecule has 2 heterocycles. The Balaban J connectivity index is 1.60. The van der Waals surface area contributed by atoms with Crippen molar-refractivity contribution in [2.75, 3.05) is 0 Å². The molecule has 0 spiro atoms. The molecule has 3 aromatic rings. The number of nitrogens with one attached hydrogen (secondary N) is 1. The Morgan fingerprint density at radius 2 is 2.08 bits per heavy atom. The Bertz CT molecular complexity index is 882. The summed E-state index contributed by atoms with van der Waals surface area (Å²) in [7, 11) is 0. The van der Waals surface area contributed by atoms with Gasteiger partial charge in [-0.05, 0) is 37.0 Å². The molecule has 1 aliphatic rings. The Kier molecular flexibility index (Phi) is 3.76. The molecule has 1 N–H and O–H groups in total. The van der Waals surface area contributed by atoms with Gasteiger partial charge in [0.1, 0.15) is 12.1 Å². The number of fused-ring (bicyclic) bond motifs is 1. The zero-order valence-corrected chi connectivity index (χ0v) is 13.6. The summed E-state index contributed by atoms with van der Waals surface area (Å²) < 4.78 is 1.97. The summed E-state index contributed by atoms with van der Waals surface area (Å²) in [6.45, 7) is 2.49. The van der Waals surface area contributed by atoms with Gasteiger partial charge in [0, 0.05) is 24.2 Å². The summed E-state index contributed by atoms with van der Waals surface area (Å²) >= 11 is 0. The molecule has 4 rings (SSSR count). The molecule has 2 aromatic heterocycles. The number of aromatic nitrogens is 3. The Morgan fingerprint density at radius 3 is 2.92 bits per heavy atom. The first-order valence-corrected chi connectivity index (χ1v) is 8.38. The molecule has 5 nitrogen and oxygen atoms in total. The number of para-hydroxylation sites is 2. The summed E-state index contributed by atoms with van der Waals surface area (Å²) in [5.41, 5.74) is 2.92. The minimum atomic E-state index is 0.0965. The molecule has 5 heteroatoms. The van der Waals surface area contributed by atoms with Gasteiger partial charge in [-0.15, -0.1) is 0 Å². The van der Waals surface area contributed by atoms with Crippen LogP contribution in [-0.2, 0) is 11.3 Å². The number of hydrogen-bond donors (Lipinski definition) is 1. The van der Waals surface area contributed by atoms with Gasteiger partial charge in [0.2, 0.25) is 5.91 Å². The van der Waals surface area contributed by atoms with Crippen LogP contribution in [0.2, 0.25) is 0 Å². The van der Waals surface area contributed by atoms with E-state index in [9.17, 15) is 4.79 Å². The van der Waals surface area contributed by atoms with Crippen molar-refractivity contribution in [2.24, 2.45) is 11.8 Å². The summed E-state index contributed by atoms with van der Waals surface area (Å²) in [6.07, 6.45) is 5.90. The van der Waals surface area contributed by atoms with Crippen LogP contribution < -0.4 is 5.32 Å². The molecule has 1 fully saturated rings. The SMILES string of the molecule is CC(C(=O)NCc1cccnc1-n1cnc2ccccc21)C1CC1. The molecule has 0 bridgehead atoms.